The number of carbonyl (C=O) groups is 2. The van der Waals surface area contributed by atoms with Crippen molar-refractivity contribution in [2.75, 3.05) is 32.6 Å². The third-order valence-corrected chi connectivity index (χ3v) is 4.09. The van der Waals surface area contributed by atoms with E-state index in [-0.39, 0.29) is 19.1 Å². The average Bonchev–Trinajstić information content (AvgIpc) is 2.63. The van der Waals surface area contributed by atoms with Gasteiger partial charge in [-0.2, -0.15) is 0 Å². The number of amides is 2. The summed E-state index contributed by atoms with van der Waals surface area (Å²) in [5.74, 6) is 0.456. The van der Waals surface area contributed by atoms with Crippen molar-refractivity contribution in [2.24, 2.45) is 0 Å². The molecule has 138 valence electrons. The summed E-state index contributed by atoms with van der Waals surface area (Å²) in [6.45, 7) is -0.352. The summed E-state index contributed by atoms with van der Waals surface area (Å²) < 4.78 is 10.5. The van der Waals surface area contributed by atoms with E-state index in [1.807, 2.05) is 0 Å². The minimum Gasteiger partial charge on any atom is -0.497 e. The van der Waals surface area contributed by atoms with Crippen LogP contribution < -0.4 is 14.8 Å². The number of nitrogens with zero attached hydrogens (tertiary/aromatic N) is 1. The number of likely N-dealkylation sites (N-methyl/N-ethyl adjacent to an activating group) is 1. The second kappa shape index (κ2) is 9.31. The van der Waals surface area contributed by atoms with Crippen LogP contribution in [0.15, 0.2) is 42.5 Å². The summed E-state index contributed by atoms with van der Waals surface area (Å²) in [5, 5.41) is 3.24. The molecule has 0 spiro atoms. The van der Waals surface area contributed by atoms with Gasteiger partial charge in [0, 0.05) is 7.05 Å². The van der Waals surface area contributed by atoms with Crippen LogP contribution >= 0.6 is 23.2 Å². The van der Waals surface area contributed by atoms with Crippen LogP contribution in [0.4, 0.5) is 5.69 Å². The number of benzene rings is 2. The van der Waals surface area contributed by atoms with Gasteiger partial charge in [-0.25, -0.2) is 0 Å². The molecular weight excluding hydrogens is 379 g/mol. The molecule has 0 atom stereocenters. The fourth-order valence-electron chi connectivity index (χ4n) is 2.03. The monoisotopic (exact) mass is 396 g/mol. The number of rotatable bonds is 7. The summed E-state index contributed by atoms with van der Waals surface area (Å²) >= 11 is 12.0. The van der Waals surface area contributed by atoms with E-state index in [4.69, 9.17) is 32.7 Å². The van der Waals surface area contributed by atoms with E-state index in [0.717, 1.165) is 0 Å². The number of hydrogen-bond acceptors (Lipinski definition) is 4. The van der Waals surface area contributed by atoms with Gasteiger partial charge in [-0.05, 0) is 36.4 Å². The lowest BCUT2D eigenvalue weighted by atomic mass is 10.3. The number of hydrogen-bond donors (Lipinski definition) is 1. The fraction of sp³-hybridized carbons (Fsp3) is 0.222. The molecule has 0 bridgehead atoms. The van der Waals surface area contributed by atoms with Crippen LogP contribution in [0.5, 0.6) is 11.5 Å². The van der Waals surface area contributed by atoms with Gasteiger partial charge in [0.15, 0.2) is 6.61 Å². The first-order valence-corrected chi connectivity index (χ1v) is 8.41. The Morgan fingerprint density at radius 1 is 1.04 bits per heavy atom. The fourth-order valence-corrected chi connectivity index (χ4v) is 2.52. The van der Waals surface area contributed by atoms with Gasteiger partial charge in [0.2, 0.25) is 5.91 Å². The van der Waals surface area contributed by atoms with Gasteiger partial charge >= 0.3 is 0 Å². The SMILES string of the molecule is COc1ccc(OCC(=O)N(C)CC(=O)Nc2c(Cl)cccc2Cl)cc1. The molecule has 1 N–H and O–H groups in total. The largest absolute Gasteiger partial charge is 0.497 e. The number of nitrogens with one attached hydrogen (secondary N) is 1. The van der Waals surface area contributed by atoms with Gasteiger partial charge in [-0.3, -0.25) is 9.59 Å². The highest BCUT2D eigenvalue weighted by Gasteiger charge is 2.16. The van der Waals surface area contributed by atoms with Gasteiger partial charge in [-0.1, -0.05) is 29.3 Å². The van der Waals surface area contributed by atoms with Crippen molar-refractivity contribution < 1.29 is 19.1 Å². The van der Waals surface area contributed by atoms with Crippen molar-refractivity contribution in [3.05, 3.63) is 52.5 Å². The van der Waals surface area contributed by atoms with E-state index < -0.39 is 5.91 Å². The molecule has 0 aliphatic carbocycles. The molecule has 0 heterocycles. The maximum atomic E-state index is 12.1. The summed E-state index contributed by atoms with van der Waals surface area (Å²) in [5.41, 5.74) is 0.316. The van der Waals surface area contributed by atoms with E-state index in [9.17, 15) is 9.59 Å². The zero-order valence-electron chi connectivity index (χ0n) is 14.3. The summed E-state index contributed by atoms with van der Waals surface area (Å²) in [6.07, 6.45) is 0. The normalized spacial score (nSPS) is 10.2. The third kappa shape index (κ3) is 5.54. The molecule has 0 saturated heterocycles. The van der Waals surface area contributed by atoms with Crippen LogP contribution in [-0.4, -0.2) is 44.0 Å². The highest BCUT2D eigenvalue weighted by Crippen LogP contribution is 2.29. The second-order valence-corrected chi connectivity index (χ2v) is 6.17. The summed E-state index contributed by atoms with van der Waals surface area (Å²) in [4.78, 5) is 25.5. The van der Waals surface area contributed by atoms with E-state index in [0.29, 0.717) is 27.2 Å². The molecule has 2 rings (SSSR count). The first-order valence-electron chi connectivity index (χ1n) is 7.65. The Bertz CT molecular complexity index is 761. The molecule has 0 radical (unpaired) electrons. The summed E-state index contributed by atoms with van der Waals surface area (Å²) in [6, 6.07) is 11.7. The maximum Gasteiger partial charge on any atom is 0.260 e. The van der Waals surface area contributed by atoms with Crippen LogP contribution in [0.1, 0.15) is 0 Å². The first-order chi connectivity index (χ1) is 12.4. The Morgan fingerprint density at radius 2 is 1.62 bits per heavy atom. The van der Waals surface area contributed by atoms with Gasteiger partial charge in [-0.15, -0.1) is 0 Å². The van der Waals surface area contributed by atoms with Crippen LogP contribution in [-0.2, 0) is 9.59 Å². The van der Waals surface area contributed by atoms with Crippen molar-refractivity contribution in [1.29, 1.82) is 0 Å². The van der Waals surface area contributed by atoms with E-state index in [1.54, 1.807) is 49.6 Å². The smallest absolute Gasteiger partial charge is 0.260 e. The van der Waals surface area contributed by atoms with E-state index in [2.05, 4.69) is 5.32 Å². The molecule has 26 heavy (non-hydrogen) atoms. The molecule has 0 unspecified atom stereocenters. The van der Waals surface area contributed by atoms with E-state index >= 15 is 0 Å². The van der Waals surface area contributed by atoms with Crippen molar-refractivity contribution >= 4 is 40.7 Å². The Kier molecular flexibility index (Phi) is 7.12. The van der Waals surface area contributed by atoms with Crippen LogP contribution in [0.2, 0.25) is 10.0 Å². The third-order valence-electron chi connectivity index (χ3n) is 3.46. The number of para-hydroxylation sites is 1. The van der Waals surface area contributed by atoms with Gasteiger partial charge in [0.05, 0.1) is 29.4 Å². The Morgan fingerprint density at radius 3 is 2.19 bits per heavy atom. The quantitative estimate of drug-likeness (QED) is 0.777. The number of anilines is 1. The molecule has 6 nitrogen and oxygen atoms in total. The van der Waals surface area contributed by atoms with Crippen LogP contribution in [0.25, 0.3) is 0 Å². The van der Waals surface area contributed by atoms with Crippen molar-refractivity contribution in [2.45, 2.75) is 0 Å². The minimum atomic E-state index is -0.416. The number of methoxy groups -OCH3 is 1. The van der Waals surface area contributed by atoms with Crippen molar-refractivity contribution in [3.8, 4) is 11.5 Å². The van der Waals surface area contributed by atoms with E-state index in [1.165, 1.54) is 11.9 Å². The van der Waals surface area contributed by atoms with Gasteiger partial charge in [0.1, 0.15) is 11.5 Å². The van der Waals surface area contributed by atoms with Crippen molar-refractivity contribution in [1.82, 2.24) is 4.90 Å². The molecule has 8 heteroatoms. The lowest BCUT2D eigenvalue weighted by Crippen LogP contribution is -2.37. The zero-order chi connectivity index (χ0) is 19.1. The maximum absolute atomic E-state index is 12.1. The van der Waals surface area contributed by atoms with Crippen LogP contribution in [0, 0.1) is 0 Å². The Labute approximate surface area is 161 Å². The molecule has 0 aromatic heterocycles. The predicted octanol–water partition coefficient (Wildman–Crippen LogP) is 3.48. The Balaban J connectivity index is 1.84. The summed E-state index contributed by atoms with van der Waals surface area (Å²) in [7, 11) is 3.07. The number of carbonyl (C=O) groups excluding carboxylic acids is 2. The molecule has 0 saturated carbocycles. The Hall–Kier alpha value is -2.44. The lowest BCUT2D eigenvalue weighted by molar-refractivity contribution is -0.135. The highest BCUT2D eigenvalue weighted by molar-refractivity contribution is 6.39. The minimum absolute atomic E-state index is 0.160. The second-order valence-electron chi connectivity index (χ2n) is 5.36. The molecule has 0 aliphatic rings. The van der Waals surface area contributed by atoms with Crippen LogP contribution in [0.3, 0.4) is 0 Å². The lowest BCUT2D eigenvalue weighted by Gasteiger charge is -2.18. The molecule has 0 aliphatic heterocycles. The number of ether oxygens (including phenoxy) is 2. The number of halogens is 2. The van der Waals surface area contributed by atoms with Gasteiger partial charge < -0.3 is 19.7 Å². The van der Waals surface area contributed by atoms with Crippen molar-refractivity contribution in [3.63, 3.8) is 0 Å². The topological polar surface area (TPSA) is 67.9 Å². The average molecular weight is 397 g/mol. The molecule has 2 aromatic carbocycles. The predicted molar refractivity (Wildman–Crippen MR) is 101 cm³/mol. The molecule has 2 aromatic rings. The van der Waals surface area contributed by atoms with Gasteiger partial charge in [0.25, 0.3) is 5.91 Å². The highest BCUT2D eigenvalue weighted by atomic mass is 35.5. The first kappa shape index (κ1) is 19.9. The standard InChI is InChI=1S/C18H18Cl2N2O4/c1-22(10-16(23)21-18-14(19)4-3-5-15(18)20)17(24)11-26-13-8-6-12(25-2)7-9-13/h3-9H,10-11H2,1-2H3,(H,21,23). The molecular formula is C18H18Cl2N2O4. The molecule has 0 fully saturated rings. The zero-order valence-corrected chi connectivity index (χ0v) is 15.8. The molecule has 2 amide bonds.